The summed E-state index contributed by atoms with van der Waals surface area (Å²) in [5, 5.41) is 0. The second-order valence-corrected chi connectivity index (χ2v) is 8.08. The van der Waals surface area contributed by atoms with Gasteiger partial charge in [-0.1, -0.05) is 12.1 Å². The van der Waals surface area contributed by atoms with Crippen LogP contribution in [0.1, 0.15) is 19.3 Å². The van der Waals surface area contributed by atoms with Crippen LogP contribution in [0.4, 0.5) is 17.2 Å². The van der Waals surface area contributed by atoms with E-state index in [9.17, 15) is 0 Å². The van der Waals surface area contributed by atoms with Crippen molar-refractivity contribution in [3.8, 4) is 22.5 Å². The van der Waals surface area contributed by atoms with Crippen LogP contribution in [0.3, 0.4) is 0 Å². The summed E-state index contributed by atoms with van der Waals surface area (Å²) in [4.78, 5) is 18.5. The fourth-order valence-corrected chi connectivity index (χ4v) is 4.38. The molecular weight excluding hydrogens is 388 g/mol. The maximum Gasteiger partial charge on any atom is 0.150 e. The Morgan fingerprint density at radius 2 is 1.61 bits per heavy atom. The van der Waals surface area contributed by atoms with E-state index in [1.54, 1.807) is 12.4 Å². The smallest absolute Gasteiger partial charge is 0.150 e. The fourth-order valence-electron chi connectivity index (χ4n) is 4.38. The normalized spacial score (nSPS) is 17.0. The first-order chi connectivity index (χ1) is 15.3. The van der Waals surface area contributed by atoms with Crippen LogP contribution in [0, 0.1) is 0 Å². The third-order valence-corrected chi connectivity index (χ3v) is 6.09. The Labute approximate surface area is 182 Å². The second kappa shape index (κ2) is 8.89. The number of hydrogen-bond donors (Lipinski definition) is 1. The van der Waals surface area contributed by atoms with Gasteiger partial charge in [0.05, 0.1) is 25.1 Å². The molecule has 0 amide bonds. The predicted molar refractivity (Wildman–Crippen MR) is 124 cm³/mol. The van der Waals surface area contributed by atoms with Crippen molar-refractivity contribution in [2.45, 2.75) is 19.3 Å². The van der Waals surface area contributed by atoms with Gasteiger partial charge in [0.25, 0.3) is 0 Å². The minimum atomic E-state index is 0.413. The van der Waals surface area contributed by atoms with Gasteiger partial charge in [0.1, 0.15) is 11.5 Å². The Morgan fingerprint density at radius 3 is 2.39 bits per heavy atom. The van der Waals surface area contributed by atoms with Crippen molar-refractivity contribution in [3.05, 3.63) is 48.9 Å². The molecule has 0 atom stereocenters. The van der Waals surface area contributed by atoms with E-state index in [0.29, 0.717) is 24.7 Å². The number of pyridine rings is 1. The zero-order valence-electron chi connectivity index (χ0n) is 17.7. The summed E-state index contributed by atoms with van der Waals surface area (Å²) < 4.78 is 5.51. The Kier molecular flexibility index (Phi) is 5.67. The molecule has 0 saturated carbocycles. The van der Waals surface area contributed by atoms with Crippen molar-refractivity contribution in [1.29, 1.82) is 0 Å². The zero-order valence-corrected chi connectivity index (χ0v) is 17.7. The van der Waals surface area contributed by atoms with E-state index in [-0.39, 0.29) is 0 Å². The molecule has 7 nitrogen and oxygen atoms in total. The molecule has 0 radical (unpaired) electrons. The summed E-state index contributed by atoms with van der Waals surface area (Å²) in [5.41, 5.74) is 12.0. The van der Waals surface area contributed by atoms with Crippen LogP contribution in [-0.4, -0.2) is 54.3 Å². The molecule has 2 fully saturated rings. The van der Waals surface area contributed by atoms with Crippen LogP contribution in [0.25, 0.3) is 22.5 Å². The quantitative estimate of drug-likeness (QED) is 0.696. The van der Waals surface area contributed by atoms with Crippen molar-refractivity contribution in [1.82, 2.24) is 15.0 Å². The number of benzene rings is 1. The lowest BCUT2D eigenvalue weighted by Crippen LogP contribution is -2.36. The molecule has 2 N–H and O–H groups in total. The molecule has 0 unspecified atom stereocenters. The summed E-state index contributed by atoms with van der Waals surface area (Å²) in [6.07, 6.45) is 9.25. The van der Waals surface area contributed by atoms with Crippen LogP contribution in [-0.2, 0) is 4.74 Å². The number of hydrogen-bond acceptors (Lipinski definition) is 7. The van der Waals surface area contributed by atoms with Crippen molar-refractivity contribution in [2.75, 3.05) is 54.9 Å². The molecule has 0 bridgehead atoms. The van der Waals surface area contributed by atoms with E-state index in [1.807, 2.05) is 12.3 Å². The minimum absolute atomic E-state index is 0.413. The first-order valence-corrected chi connectivity index (χ1v) is 11.0. The Morgan fingerprint density at radius 1 is 0.839 bits per heavy atom. The molecule has 2 aromatic heterocycles. The number of morpholine rings is 1. The molecule has 5 rings (SSSR count). The third-order valence-electron chi connectivity index (χ3n) is 6.09. The van der Waals surface area contributed by atoms with Crippen LogP contribution in [0.5, 0.6) is 0 Å². The summed E-state index contributed by atoms with van der Waals surface area (Å²) in [6.45, 7) is 5.37. The number of nitrogens with two attached hydrogens (primary N) is 1. The van der Waals surface area contributed by atoms with Crippen LogP contribution < -0.4 is 15.5 Å². The van der Waals surface area contributed by atoms with E-state index >= 15 is 0 Å². The number of nitrogen functional groups attached to an aromatic ring is 1. The molecule has 3 aromatic rings. The van der Waals surface area contributed by atoms with Crippen LogP contribution in [0.2, 0.25) is 0 Å². The monoisotopic (exact) mass is 416 g/mol. The number of piperidine rings is 1. The van der Waals surface area contributed by atoms with Gasteiger partial charge in [-0.2, -0.15) is 0 Å². The molecule has 0 spiro atoms. The maximum atomic E-state index is 6.27. The average Bonchev–Trinajstić information content (AvgIpc) is 2.86. The van der Waals surface area contributed by atoms with Gasteiger partial charge in [0, 0.05) is 61.1 Å². The van der Waals surface area contributed by atoms with E-state index in [2.05, 4.69) is 44.0 Å². The van der Waals surface area contributed by atoms with E-state index in [4.69, 9.17) is 15.5 Å². The van der Waals surface area contributed by atoms with Crippen LogP contribution in [0.15, 0.2) is 48.9 Å². The van der Waals surface area contributed by atoms with Crippen molar-refractivity contribution >= 4 is 17.2 Å². The van der Waals surface area contributed by atoms with Gasteiger partial charge in [-0.25, -0.2) is 9.97 Å². The van der Waals surface area contributed by atoms with Crippen molar-refractivity contribution in [2.24, 2.45) is 0 Å². The molecule has 2 aliphatic heterocycles. The number of rotatable bonds is 4. The van der Waals surface area contributed by atoms with Gasteiger partial charge in [0.15, 0.2) is 0 Å². The summed E-state index contributed by atoms with van der Waals surface area (Å²) >= 11 is 0. The van der Waals surface area contributed by atoms with Crippen molar-refractivity contribution < 1.29 is 4.74 Å². The lowest BCUT2D eigenvalue weighted by molar-refractivity contribution is 0.122. The van der Waals surface area contributed by atoms with Crippen molar-refractivity contribution in [3.63, 3.8) is 0 Å². The maximum absolute atomic E-state index is 6.27. The molecule has 0 aliphatic carbocycles. The number of anilines is 3. The number of aromatic nitrogens is 3. The molecule has 2 saturated heterocycles. The van der Waals surface area contributed by atoms with Gasteiger partial charge >= 0.3 is 0 Å². The SMILES string of the molecule is Nc1ncc(-c2ccc(N3CCCCC3)cc2)nc1-c1cnccc1N1CCOCC1. The minimum Gasteiger partial charge on any atom is -0.382 e. The molecule has 1 aromatic carbocycles. The Hall–Kier alpha value is -3.19. The lowest BCUT2D eigenvalue weighted by atomic mass is 10.1. The highest BCUT2D eigenvalue weighted by molar-refractivity contribution is 5.82. The van der Waals surface area contributed by atoms with Crippen LogP contribution >= 0.6 is 0 Å². The molecule has 7 heteroatoms. The zero-order chi connectivity index (χ0) is 21.0. The first kappa shape index (κ1) is 19.8. The van der Waals surface area contributed by atoms with E-state index in [0.717, 1.165) is 48.7 Å². The highest BCUT2D eigenvalue weighted by Crippen LogP contribution is 2.33. The van der Waals surface area contributed by atoms with E-state index in [1.165, 1.54) is 24.9 Å². The molecule has 31 heavy (non-hydrogen) atoms. The number of ether oxygens (including phenoxy) is 1. The van der Waals surface area contributed by atoms with Gasteiger partial charge in [-0.15, -0.1) is 0 Å². The largest absolute Gasteiger partial charge is 0.382 e. The summed E-state index contributed by atoms with van der Waals surface area (Å²) in [5.74, 6) is 0.413. The Balaban J connectivity index is 1.46. The summed E-state index contributed by atoms with van der Waals surface area (Å²) in [6, 6.07) is 10.6. The highest BCUT2D eigenvalue weighted by atomic mass is 16.5. The first-order valence-electron chi connectivity index (χ1n) is 11.0. The Bertz CT molecular complexity index is 1030. The molecule has 4 heterocycles. The topological polar surface area (TPSA) is 80.4 Å². The third kappa shape index (κ3) is 4.18. The average molecular weight is 417 g/mol. The fraction of sp³-hybridized carbons (Fsp3) is 0.375. The summed E-state index contributed by atoms with van der Waals surface area (Å²) in [7, 11) is 0. The van der Waals surface area contributed by atoms with Gasteiger partial charge in [-0.05, 0) is 37.5 Å². The second-order valence-electron chi connectivity index (χ2n) is 8.08. The molecule has 160 valence electrons. The number of nitrogens with zero attached hydrogens (tertiary/aromatic N) is 5. The van der Waals surface area contributed by atoms with E-state index < -0.39 is 0 Å². The molecule has 2 aliphatic rings. The van der Waals surface area contributed by atoms with Gasteiger partial charge in [-0.3, -0.25) is 4.98 Å². The predicted octanol–water partition coefficient (Wildman–Crippen LogP) is 3.61. The highest BCUT2D eigenvalue weighted by Gasteiger charge is 2.19. The molecular formula is C24H28N6O. The van der Waals surface area contributed by atoms with Gasteiger partial charge < -0.3 is 20.3 Å². The standard InChI is InChI=1S/C24H28N6O/c25-24-23(20-16-26-9-8-22(20)30-12-14-31-15-13-30)28-21(17-27-24)18-4-6-19(7-5-18)29-10-2-1-3-11-29/h4-9,16-17H,1-3,10-15H2,(H2,25,27). The van der Waals surface area contributed by atoms with Gasteiger partial charge in [0.2, 0.25) is 0 Å². The lowest BCUT2D eigenvalue weighted by Gasteiger charge is -2.30.